The van der Waals surface area contributed by atoms with Crippen LogP contribution in [0.15, 0.2) is 78.2 Å². The zero-order chi connectivity index (χ0) is 25.7. The normalized spacial score (nSPS) is 14.4. The minimum atomic E-state index is -0.574. The summed E-state index contributed by atoms with van der Waals surface area (Å²) in [5.74, 6) is -0.0111. The topological polar surface area (TPSA) is 55.8 Å². The number of carbonyl (C=O) groups is 2. The predicted molar refractivity (Wildman–Crippen MR) is 141 cm³/mol. The standard InChI is InChI=1S/C28H23ClFNO4S/c1-3-8-20-13-19(14-24(34-2)26(20)35-17-18-9-5-4-6-10-18)15-25-27(32)31(28(33)36-25)16-21-22(29)11-7-12-23(21)30/h3-7,9-15H,1,8,16-17H2,2H3. The second kappa shape index (κ2) is 11.5. The van der Waals surface area contributed by atoms with E-state index in [9.17, 15) is 14.0 Å². The Balaban J connectivity index is 1.61. The lowest BCUT2D eigenvalue weighted by Gasteiger charge is -2.16. The van der Waals surface area contributed by atoms with E-state index in [1.807, 2.05) is 36.4 Å². The highest BCUT2D eigenvalue weighted by molar-refractivity contribution is 8.18. The Bertz CT molecular complexity index is 1320. The molecule has 1 aliphatic heterocycles. The first-order valence-corrected chi connectivity index (χ1v) is 12.3. The second-order valence-electron chi connectivity index (χ2n) is 7.95. The molecule has 1 aliphatic rings. The predicted octanol–water partition coefficient (Wildman–Crippen LogP) is 7.03. The Morgan fingerprint density at radius 1 is 1.11 bits per heavy atom. The molecule has 0 unspecified atom stereocenters. The summed E-state index contributed by atoms with van der Waals surface area (Å²) >= 11 is 6.88. The number of nitrogens with zero attached hydrogens (tertiary/aromatic N) is 1. The number of methoxy groups -OCH3 is 1. The van der Waals surface area contributed by atoms with Gasteiger partial charge in [-0.3, -0.25) is 14.5 Å². The van der Waals surface area contributed by atoms with Crippen LogP contribution < -0.4 is 9.47 Å². The van der Waals surface area contributed by atoms with Gasteiger partial charge in [0.1, 0.15) is 12.4 Å². The second-order valence-corrected chi connectivity index (χ2v) is 9.35. The summed E-state index contributed by atoms with van der Waals surface area (Å²) in [6.07, 6.45) is 3.87. The molecule has 0 saturated carbocycles. The minimum Gasteiger partial charge on any atom is -0.493 e. The van der Waals surface area contributed by atoms with Crippen LogP contribution in [-0.2, 0) is 24.4 Å². The lowest BCUT2D eigenvalue weighted by atomic mass is 10.0. The maximum atomic E-state index is 14.2. The van der Waals surface area contributed by atoms with Gasteiger partial charge in [-0.05, 0) is 59.7 Å². The molecule has 4 rings (SSSR count). The minimum absolute atomic E-state index is 0.0950. The molecule has 0 N–H and O–H groups in total. The van der Waals surface area contributed by atoms with E-state index >= 15 is 0 Å². The first kappa shape index (κ1) is 25.5. The van der Waals surface area contributed by atoms with Crippen molar-refractivity contribution in [2.24, 2.45) is 0 Å². The highest BCUT2D eigenvalue weighted by Crippen LogP contribution is 2.38. The number of allylic oxidation sites excluding steroid dienone is 1. The van der Waals surface area contributed by atoms with Gasteiger partial charge in [-0.1, -0.05) is 54.1 Å². The lowest BCUT2D eigenvalue weighted by molar-refractivity contribution is -0.123. The molecule has 36 heavy (non-hydrogen) atoms. The van der Waals surface area contributed by atoms with Gasteiger partial charge >= 0.3 is 0 Å². The molecule has 0 radical (unpaired) electrons. The maximum absolute atomic E-state index is 14.2. The molecule has 1 saturated heterocycles. The largest absolute Gasteiger partial charge is 0.493 e. The summed E-state index contributed by atoms with van der Waals surface area (Å²) in [6, 6.07) is 17.6. The molecule has 0 aliphatic carbocycles. The average Bonchev–Trinajstić information content (AvgIpc) is 3.13. The van der Waals surface area contributed by atoms with Crippen molar-refractivity contribution in [3.63, 3.8) is 0 Å². The van der Waals surface area contributed by atoms with Crippen molar-refractivity contribution < 1.29 is 23.5 Å². The monoisotopic (exact) mass is 523 g/mol. The number of thioether (sulfide) groups is 1. The van der Waals surface area contributed by atoms with Crippen molar-refractivity contribution in [1.29, 1.82) is 0 Å². The van der Waals surface area contributed by atoms with Crippen LogP contribution in [0.4, 0.5) is 9.18 Å². The van der Waals surface area contributed by atoms with Crippen molar-refractivity contribution in [1.82, 2.24) is 4.90 Å². The Labute approximate surface area is 218 Å². The van der Waals surface area contributed by atoms with Crippen LogP contribution in [0.1, 0.15) is 22.3 Å². The summed E-state index contributed by atoms with van der Waals surface area (Å²) in [7, 11) is 1.54. The number of amides is 2. The van der Waals surface area contributed by atoms with Crippen LogP contribution >= 0.6 is 23.4 Å². The molecule has 3 aromatic carbocycles. The average molecular weight is 524 g/mol. The molecule has 0 bridgehead atoms. The Kier molecular flexibility index (Phi) is 8.13. The molecule has 184 valence electrons. The van der Waals surface area contributed by atoms with Gasteiger partial charge in [-0.25, -0.2) is 4.39 Å². The number of halogens is 2. The maximum Gasteiger partial charge on any atom is 0.293 e. The Hall–Kier alpha value is -3.55. The molecule has 3 aromatic rings. The highest BCUT2D eigenvalue weighted by atomic mass is 35.5. The molecular weight excluding hydrogens is 501 g/mol. The Morgan fingerprint density at radius 3 is 2.58 bits per heavy atom. The van der Waals surface area contributed by atoms with Crippen LogP contribution in [0.5, 0.6) is 11.5 Å². The number of benzene rings is 3. The third-order valence-corrected chi connectivity index (χ3v) is 6.78. The zero-order valence-electron chi connectivity index (χ0n) is 19.5. The van der Waals surface area contributed by atoms with Crippen LogP contribution in [0.3, 0.4) is 0 Å². The third-order valence-electron chi connectivity index (χ3n) is 5.51. The molecule has 0 aromatic heterocycles. The number of hydrogen-bond acceptors (Lipinski definition) is 5. The Morgan fingerprint density at radius 2 is 1.89 bits per heavy atom. The number of imide groups is 1. The van der Waals surface area contributed by atoms with Gasteiger partial charge in [0.15, 0.2) is 11.5 Å². The van der Waals surface area contributed by atoms with Crippen molar-refractivity contribution in [3.05, 3.63) is 111 Å². The summed E-state index contributed by atoms with van der Waals surface area (Å²) in [4.78, 5) is 26.8. The summed E-state index contributed by atoms with van der Waals surface area (Å²) in [6.45, 7) is 3.94. The van der Waals surface area contributed by atoms with Crippen molar-refractivity contribution in [3.8, 4) is 11.5 Å². The van der Waals surface area contributed by atoms with E-state index in [1.54, 1.807) is 18.2 Å². The number of rotatable bonds is 9. The molecule has 1 fully saturated rings. The van der Waals surface area contributed by atoms with E-state index in [1.165, 1.54) is 25.3 Å². The molecule has 8 heteroatoms. The fourth-order valence-electron chi connectivity index (χ4n) is 3.75. The van der Waals surface area contributed by atoms with Crippen molar-refractivity contribution >= 4 is 40.6 Å². The fraction of sp³-hybridized carbons (Fsp3) is 0.143. The van der Waals surface area contributed by atoms with E-state index in [0.717, 1.165) is 27.8 Å². The van der Waals surface area contributed by atoms with Gasteiger partial charge in [0.05, 0.1) is 18.6 Å². The van der Waals surface area contributed by atoms with Gasteiger partial charge in [0, 0.05) is 16.1 Å². The third kappa shape index (κ3) is 5.64. The molecule has 5 nitrogen and oxygen atoms in total. The van der Waals surface area contributed by atoms with Gasteiger partial charge in [0.25, 0.3) is 11.1 Å². The number of ether oxygens (including phenoxy) is 2. The number of hydrogen-bond donors (Lipinski definition) is 0. The lowest BCUT2D eigenvalue weighted by Crippen LogP contribution is -2.28. The first-order chi connectivity index (χ1) is 17.4. The first-order valence-electron chi connectivity index (χ1n) is 11.1. The van der Waals surface area contributed by atoms with E-state index in [0.29, 0.717) is 30.1 Å². The van der Waals surface area contributed by atoms with Crippen LogP contribution in [0, 0.1) is 5.82 Å². The van der Waals surface area contributed by atoms with Gasteiger partial charge < -0.3 is 9.47 Å². The SMILES string of the molecule is C=CCc1cc(C=C2SC(=O)N(Cc3c(F)cccc3Cl)C2=O)cc(OC)c1OCc1ccccc1. The smallest absolute Gasteiger partial charge is 0.293 e. The number of carbonyl (C=O) groups excluding carboxylic acids is 2. The summed E-state index contributed by atoms with van der Waals surface area (Å²) in [5, 5.41) is -0.338. The van der Waals surface area contributed by atoms with Gasteiger partial charge in [-0.15, -0.1) is 6.58 Å². The molecule has 0 atom stereocenters. The van der Waals surface area contributed by atoms with E-state index in [-0.39, 0.29) is 22.0 Å². The van der Waals surface area contributed by atoms with E-state index in [2.05, 4.69) is 6.58 Å². The van der Waals surface area contributed by atoms with Crippen LogP contribution in [0.2, 0.25) is 5.02 Å². The molecule has 2 amide bonds. The van der Waals surface area contributed by atoms with E-state index in [4.69, 9.17) is 21.1 Å². The molecule has 0 spiro atoms. The van der Waals surface area contributed by atoms with E-state index < -0.39 is 17.0 Å². The molecule has 1 heterocycles. The van der Waals surface area contributed by atoms with Gasteiger partial charge in [-0.2, -0.15) is 0 Å². The van der Waals surface area contributed by atoms with Crippen molar-refractivity contribution in [2.75, 3.05) is 7.11 Å². The molecular formula is C28H23ClFNO4S. The zero-order valence-corrected chi connectivity index (χ0v) is 21.1. The van der Waals surface area contributed by atoms with Gasteiger partial charge in [0.2, 0.25) is 0 Å². The fourth-order valence-corrected chi connectivity index (χ4v) is 4.81. The van der Waals surface area contributed by atoms with Crippen LogP contribution in [-0.4, -0.2) is 23.2 Å². The summed E-state index contributed by atoms with van der Waals surface area (Å²) < 4.78 is 25.9. The highest BCUT2D eigenvalue weighted by Gasteiger charge is 2.36. The van der Waals surface area contributed by atoms with Crippen molar-refractivity contribution in [2.45, 2.75) is 19.6 Å². The quantitative estimate of drug-likeness (QED) is 0.222. The summed E-state index contributed by atoms with van der Waals surface area (Å²) in [5.41, 5.74) is 2.59. The van der Waals surface area contributed by atoms with Crippen LogP contribution in [0.25, 0.3) is 6.08 Å².